The number of carbonyl (C=O) groups is 2. The van der Waals surface area contributed by atoms with Crippen LogP contribution in [0, 0.1) is 5.82 Å². The molecule has 174 valence electrons. The van der Waals surface area contributed by atoms with Gasteiger partial charge in [0.1, 0.15) is 16.6 Å². The Hall–Kier alpha value is -4.05. The van der Waals surface area contributed by atoms with Crippen molar-refractivity contribution >= 4 is 39.0 Å². The molecule has 4 rings (SSSR count). The highest BCUT2D eigenvalue weighted by atomic mass is 32.1. The third-order valence-corrected chi connectivity index (χ3v) is 5.75. The van der Waals surface area contributed by atoms with Crippen molar-refractivity contribution in [2.75, 3.05) is 18.5 Å². The lowest BCUT2D eigenvalue weighted by molar-refractivity contribution is 0.0520. The molecule has 0 saturated heterocycles. The van der Waals surface area contributed by atoms with E-state index in [1.807, 2.05) is 6.92 Å². The van der Waals surface area contributed by atoms with Gasteiger partial charge in [0.25, 0.3) is 11.5 Å². The molecule has 2 aromatic carbocycles. The zero-order valence-corrected chi connectivity index (χ0v) is 19.1. The number of hydrogen-bond acceptors (Lipinski definition) is 7. The van der Waals surface area contributed by atoms with Crippen molar-refractivity contribution in [2.45, 2.75) is 13.8 Å². The summed E-state index contributed by atoms with van der Waals surface area (Å²) in [6, 6.07) is 12.1. The molecule has 0 spiro atoms. The number of thiophene rings is 1. The minimum atomic E-state index is -0.719. The number of ether oxygens (including phenoxy) is 2. The van der Waals surface area contributed by atoms with E-state index in [0.29, 0.717) is 18.0 Å². The Labute approximate surface area is 197 Å². The van der Waals surface area contributed by atoms with E-state index >= 15 is 0 Å². The summed E-state index contributed by atoms with van der Waals surface area (Å²) in [4.78, 5) is 38.8. The van der Waals surface area contributed by atoms with Gasteiger partial charge >= 0.3 is 5.97 Å². The van der Waals surface area contributed by atoms with Crippen LogP contribution in [-0.2, 0) is 4.74 Å². The number of halogens is 1. The molecule has 4 aromatic rings. The summed E-state index contributed by atoms with van der Waals surface area (Å²) in [5, 5.41) is 8.86. The lowest BCUT2D eigenvalue weighted by Gasteiger charge is -2.11. The fourth-order valence-electron chi connectivity index (χ4n) is 3.33. The Morgan fingerprint density at radius 2 is 1.82 bits per heavy atom. The maximum absolute atomic E-state index is 14.1. The molecule has 0 aliphatic carbocycles. The molecule has 0 fully saturated rings. The van der Waals surface area contributed by atoms with Gasteiger partial charge in [-0.3, -0.25) is 9.59 Å². The molecule has 34 heavy (non-hydrogen) atoms. The minimum Gasteiger partial charge on any atom is -0.494 e. The Kier molecular flexibility index (Phi) is 6.69. The van der Waals surface area contributed by atoms with Gasteiger partial charge in [-0.1, -0.05) is 12.1 Å². The second-order valence-corrected chi connectivity index (χ2v) is 7.88. The van der Waals surface area contributed by atoms with Gasteiger partial charge in [0.2, 0.25) is 0 Å². The molecule has 0 unspecified atom stereocenters. The quantitative estimate of drug-likeness (QED) is 0.393. The average molecular weight is 482 g/mol. The molecule has 10 heteroatoms. The lowest BCUT2D eigenvalue weighted by atomic mass is 10.2. The number of hydrogen-bond donors (Lipinski definition) is 1. The van der Waals surface area contributed by atoms with E-state index in [0.717, 1.165) is 16.0 Å². The van der Waals surface area contributed by atoms with Crippen LogP contribution in [-0.4, -0.2) is 34.9 Å². The number of aromatic nitrogens is 2. The molecule has 0 atom stereocenters. The van der Waals surface area contributed by atoms with E-state index in [2.05, 4.69) is 10.4 Å². The van der Waals surface area contributed by atoms with E-state index in [4.69, 9.17) is 9.47 Å². The maximum Gasteiger partial charge on any atom is 0.359 e. The summed E-state index contributed by atoms with van der Waals surface area (Å²) in [7, 11) is 0. The van der Waals surface area contributed by atoms with Crippen LogP contribution in [0.25, 0.3) is 16.5 Å². The van der Waals surface area contributed by atoms with Gasteiger partial charge in [0.05, 0.1) is 29.9 Å². The maximum atomic E-state index is 14.1. The number of anilines is 1. The normalized spacial score (nSPS) is 10.8. The topological polar surface area (TPSA) is 99.5 Å². The van der Waals surface area contributed by atoms with Gasteiger partial charge in [0.15, 0.2) is 5.69 Å². The van der Waals surface area contributed by atoms with Crippen LogP contribution < -0.4 is 15.6 Å². The second kappa shape index (κ2) is 9.84. The van der Waals surface area contributed by atoms with Crippen molar-refractivity contribution in [2.24, 2.45) is 0 Å². The molecule has 8 nitrogen and oxygen atoms in total. The first-order valence-corrected chi connectivity index (χ1v) is 11.3. The van der Waals surface area contributed by atoms with Crippen LogP contribution >= 0.6 is 11.3 Å². The molecule has 1 amide bonds. The zero-order valence-electron chi connectivity index (χ0n) is 18.3. The fourth-order valence-corrected chi connectivity index (χ4v) is 4.26. The number of rotatable bonds is 7. The van der Waals surface area contributed by atoms with Crippen molar-refractivity contribution in [3.63, 3.8) is 0 Å². The molecule has 0 saturated carbocycles. The molecule has 2 heterocycles. The number of benzene rings is 2. The van der Waals surface area contributed by atoms with Crippen molar-refractivity contribution in [3.8, 4) is 11.4 Å². The molecule has 0 aliphatic rings. The zero-order chi connectivity index (χ0) is 24.2. The van der Waals surface area contributed by atoms with Crippen LogP contribution in [0.2, 0.25) is 0 Å². The smallest absolute Gasteiger partial charge is 0.359 e. The van der Waals surface area contributed by atoms with E-state index in [1.54, 1.807) is 31.2 Å². The Bertz CT molecular complexity index is 1430. The minimum absolute atomic E-state index is 0.0710. The van der Waals surface area contributed by atoms with Crippen molar-refractivity contribution < 1.29 is 23.5 Å². The predicted molar refractivity (Wildman–Crippen MR) is 127 cm³/mol. The van der Waals surface area contributed by atoms with E-state index in [9.17, 15) is 18.8 Å². The monoisotopic (exact) mass is 481 g/mol. The van der Waals surface area contributed by atoms with Crippen LogP contribution in [0.3, 0.4) is 0 Å². The number of carbonyl (C=O) groups excluding carboxylic acids is 2. The third kappa shape index (κ3) is 4.40. The Morgan fingerprint density at radius 3 is 2.50 bits per heavy atom. The van der Waals surface area contributed by atoms with Gasteiger partial charge < -0.3 is 14.8 Å². The summed E-state index contributed by atoms with van der Waals surface area (Å²) in [5.74, 6) is -1.51. The molecule has 1 N–H and O–H groups in total. The highest BCUT2D eigenvalue weighted by molar-refractivity contribution is 7.16. The number of nitrogens with one attached hydrogen (secondary N) is 1. The second-order valence-electron chi connectivity index (χ2n) is 7.00. The standard InChI is InChI=1S/C24H20FN3O5S/c1-3-32-15-11-9-14(10-12-15)28-23(30)19-17(20(27-28)24(31)33-4-2)13-34-22(19)26-21(29)16-7-5-6-8-18(16)25/h5-13H,3-4H2,1-2H3,(H,26,29). The third-order valence-electron chi connectivity index (χ3n) is 4.86. The van der Waals surface area contributed by atoms with E-state index in [1.165, 1.54) is 29.6 Å². The van der Waals surface area contributed by atoms with Gasteiger partial charge in [-0.15, -0.1) is 11.3 Å². The van der Waals surface area contributed by atoms with Crippen LogP contribution in [0.4, 0.5) is 9.39 Å². The van der Waals surface area contributed by atoms with Gasteiger partial charge in [0, 0.05) is 10.8 Å². The molecule has 0 bridgehead atoms. The van der Waals surface area contributed by atoms with E-state index in [-0.39, 0.29) is 33.6 Å². The first kappa shape index (κ1) is 23.1. The van der Waals surface area contributed by atoms with Gasteiger partial charge in [-0.05, 0) is 50.2 Å². The number of amides is 1. The van der Waals surface area contributed by atoms with Crippen molar-refractivity contribution in [1.29, 1.82) is 0 Å². The molecular formula is C24H20FN3O5S. The van der Waals surface area contributed by atoms with E-state index < -0.39 is 23.3 Å². The summed E-state index contributed by atoms with van der Waals surface area (Å²) >= 11 is 1.03. The highest BCUT2D eigenvalue weighted by Gasteiger charge is 2.24. The molecule has 0 aliphatic heterocycles. The first-order valence-electron chi connectivity index (χ1n) is 10.4. The first-order chi connectivity index (χ1) is 16.4. The SMILES string of the molecule is CCOC(=O)c1nn(-c2ccc(OCC)cc2)c(=O)c2c(NC(=O)c3ccccc3F)scc12. The lowest BCUT2D eigenvalue weighted by Crippen LogP contribution is -2.25. The van der Waals surface area contributed by atoms with Crippen LogP contribution in [0.15, 0.2) is 58.7 Å². The van der Waals surface area contributed by atoms with Gasteiger partial charge in [-0.2, -0.15) is 9.78 Å². The largest absolute Gasteiger partial charge is 0.494 e. The van der Waals surface area contributed by atoms with Crippen LogP contribution in [0.5, 0.6) is 5.75 Å². The Morgan fingerprint density at radius 1 is 1.09 bits per heavy atom. The molecular weight excluding hydrogens is 461 g/mol. The van der Waals surface area contributed by atoms with Gasteiger partial charge in [-0.25, -0.2) is 9.18 Å². The number of esters is 1. The predicted octanol–water partition coefficient (Wildman–Crippen LogP) is 4.41. The molecule has 0 radical (unpaired) electrons. The Balaban J connectivity index is 1.86. The van der Waals surface area contributed by atoms with Crippen LogP contribution in [0.1, 0.15) is 34.7 Å². The van der Waals surface area contributed by atoms with Crippen molar-refractivity contribution in [3.05, 3.63) is 81.3 Å². The summed E-state index contributed by atoms with van der Waals surface area (Å²) in [6.45, 7) is 4.11. The summed E-state index contributed by atoms with van der Waals surface area (Å²) < 4.78 is 25.7. The summed E-state index contributed by atoms with van der Waals surface area (Å²) in [6.07, 6.45) is 0. The molecule has 2 aromatic heterocycles. The van der Waals surface area contributed by atoms with Crippen molar-refractivity contribution in [1.82, 2.24) is 9.78 Å². The number of nitrogens with zero attached hydrogens (tertiary/aromatic N) is 2. The fraction of sp³-hybridized carbons (Fsp3) is 0.167. The number of fused-ring (bicyclic) bond motifs is 1. The highest BCUT2D eigenvalue weighted by Crippen LogP contribution is 2.31. The average Bonchev–Trinajstić information content (AvgIpc) is 3.24. The summed E-state index contributed by atoms with van der Waals surface area (Å²) in [5.41, 5.74) is -0.417.